The lowest BCUT2D eigenvalue weighted by Gasteiger charge is -2.10. The van der Waals surface area contributed by atoms with E-state index in [0.29, 0.717) is 0 Å². The molecule has 2 rings (SSSR count). The van der Waals surface area contributed by atoms with Gasteiger partial charge in [-0.15, -0.1) is 0 Å². The first-order chi connectivity index (χ1) is 10.2. The Morgan fingerprint density at radius 2 is 2.05 bits per heavy atom. The highest BCUT2D eigenvalue weighted by molar-refractivity contribution is 5.61. The second kappa shape index (κ2) is 7.79. The summed E-state index contributed by atoms with van der Waals surface area (Å²) < 4.78 is 5.27. The third kappa shape index (κ3) is 4.30. The summed E-state index contributed by atoms with van der Waals surface area (Å²) >= 11 is 0. The van der Waals surface area contributed by atoms with Crippen LogP contribution < -0.4 is 10.1 Å². The number of pyridine rings is 1. The van der Waals surface area contributed by atoms with Crippen molar-refractivity contribution in [1.29, 1.82) is 0 Å². The number of aryl methyl sites for hydroxylation is 1. The van der Waals surface area contributed by atoms with Gasteiger partial charge in [-0.2, -0.15) is 0 Å². The standard InChI is InChI=1S/C18H24N2O/c1-4-5-11-19-13-16-9-10-18(20-14(16)2)15-7-6-8-17(12-15)21-3/h6-10,12,19H,4-5,11,13H2,1-3H3. The summed E-state index contributed by atoms with van der Waals surface area (Å²) in [6.45, 7) is 6.22. The molecule has 3 heteroatoms. The Morgan fingerprint density at radius 3 is 2.76 bits per heavy atom. The van der Waals surface area contributed by atoms with Crippen molar-refractivity contribution in [2.75, 3.05) is 13.7 Å². The number of benzene rings is 1. The Hall–Kier alpha value is -1.87. The second-order valence-corrected chi connectivity index (χ2v) is 5.20. The largest absolute Gasteiger partial charge is 0.497 e. The Kier molecular flexibility index (Phi) is 5.76. The maximum Gasteiger partial charge on any atom is 0.119 e. The lowest BCUT2D eigenvalue weighted by atomic mass is 10.1. The molecule has 21 heavy (non-hydrogen) atoms. The first-order valence-electron chi connectivity index (χ1n) is 7.56. The van der Waals surface area contributed by atoms with Crippen molar-refractivity contribution < 1.29 is 4.74 Å². The maximum absolute atomic E-state index is 5.27. The smallest absolute Gasteiger partial charge is 0.119 e. The van der Waals surface area contributed by atoms with E-state index in [1.165, 1.54) is 18.4 Å². The summed E-state index contributed by atoms with van der Waals surface area (Å²) in [5, 5.41) is 3.46. The zero-order chi connectivity index (χ0) is 15.1. The van der Waals surface area contributed by atoms with E-state index in [4.69, 9.17) is 9.72 Å². The second-order valence-electron chi connectivity index (χ2n) is 5.20. The van der Waals surface area contributed by atoms with Crippen molar-refractivity contribution >= 4 is 0 Å². The molecule has 1 aromatic carbocycles. The molecule has 1 heterocycles. The monoisotopic (exact) mass is 284 g/mol. The number of nitrogens with zero attached hydrogens (tertiary/aromatic N) is 1. The summed E-state index contributed by atoms with van der Waals surface area (Å²) in [5.74, 6) is 0.859. The summed E-state index contributed by atoms with van der Waals surface area (Å²) in [7, 11) is 1.68. The highest BCUT2D eigenvalue weighted by atomic mass is 16.5. The molecule has 0 bridgehead atoms. The van der Waals surface area contributed by atoms with E-state index >= 15 is 0 Å². The molecule has 0 aliphatic rings. The molecular weight excluding hydrogens is 260 g/mol. The van der Waals surface area contributed by atoms with E-state index in [1.54, 1.807) is 7.11 Å². The number of unbranched alkanes of at least 4 members (excludes halogenated alkanes) is 1. The molecule has 1 aromatic heterocycles. The van der Waals surface area contributed by atoms with E-state index in [9.17, 15) is 0 Å². The van der Waals surface area contributed by atoms with Gasteiger partial charge in [-0.1, -0.05) is 31.5 Å². The normalized spacial score (nSPS) is 10.6. The Labute approximate surface area is 127 Å². The van der Waals surface area contributed by atoms with Crippen molar-refractivity contribution in [2.45, 2.75) is 33.2 Å². The number of hydrogen-bond donors (Lipinski definition) is 1. The van der Waals surface area contributed by atoms with E-state index in [1.807, 2.05) is 18.2 Å². The SMILES string of the molecule is CCCCNCc1ccc(-c2cccc(OC)c2)nc1C. The lowest BCUT2D eigenvalue weighted by molar-refractivity contribution is 0.415. The fraction of sp³-hybridized carbons (Fsp3) is 0.389. The van der Waals surface area contributed by atoms with Gasteiger partial charge in [-0.3, -0.25) is 4.98 Å². The van der Waals surface area contributed by atoms with Crippen LogP contribution >= 0.6 is 0 Å². The van der Waals surface area contributed by atoms with Crippen molar-refractivity contribution in [2.24, 2.45) is 0 Å². The molecule has 0 saturated heterocycles. The Bertz CT molecular complexity index is 581. The average molecular weight is 284 g/mol. The zero-order valence-corrected chi connectivity index (χ0v) is 13.1. The van der Waals surface area contributed by atoms with Gasteiger partial charge in [0, 0.05) is 17.8 Å². The molecule has 0 saturated carbocycles. The highest BCUT2D eigenvalue weighted by Crippen LogP contribution is 2.23. The van der Waals surface area contributed by atoms with Crippen molar-refractivity contribution in [3.8, 4) is 17.0 Å². The van der Waals surface area contributed by atoms with Gasteiger partial charge in [0.25, 0.3) is 0 Å². The van der Waals surface area contributed by atoms with E-state index in [0.717, 1.165) is 35.8 Å². The van der Waals surface area contributed by atoms with Crippen LogP contribution in [0.1, 0.15) is 31.0 Å². The minimum absolute atomic E-state index is 0.859. The summed E-state index contributed by atoms with van der Waals surface area (Å²) in [6.07, 6.45) is 2.44. The lowest BCUT2D eigenvalue weighted by Crippen LogP contribution is -2.15. The predicted molar refractivity (Wildman–Crippen MR) is 87.6 cm³/mol. The number of methoxy groups -OCH3 is 1. The Balaban J connectivity index is 2.10. The van der Waals surface area contributed by atoms with Crippen LogP contribution in [0.3, 0.4) is 0 Å². The minimum atomic E-state index is 0.859. The zero-order valence-electron chi connectivity index (χ0n) is 13.1. The van der Waals surface area contributed by atoms with Crippen LogP contribution in [-0.2, 0) is 6.54 Å². The maximum atomic E-state index is 5.27. The van der Waals surface area contributed by atoms with E-state index < -0.39 is 0 Å². The number of ether oxygens (including phenoxy) is 1. The van der Waals surface area contributed by atoms with Gasteiger partial charge in [-0.25, -0.2) is 0 Å². The molecule has 2 aromatic rings. The summed E-state index contributed by atoms with van der Waals surface area (Å²) in [6, 6.07) is 12.3. The van der Waals surface area contributed by atoms with Gasteiger partial charge in [0.1, 0.15) is 5.75 Å². The molecule has 0 aliphatic heterocycles. The molecular formula is C18H24N2O. The first kappa shape index (κ1) is 15.5. The van der Waals surface area contributed by atoms with Crippen LogP contribution in [0.5, 0.6) is 5.75 Å². The van der Waals surface area contributed by atoms with Gasteiger partial charge in [-0.05, 0) is 43.7 Å². The topological polar surface area (TPSA) is 34.1 Å². The van der Waals surface area contributed by atoms with Gasteiger partial charge >= 0.3 is 0 Å². The van der Waals surface area contributed by atoms with Crippen LogP contribution in [-0.4, -0.2) is 18.6 Å². The number of aromatic nitrogens is 1. The molecule has 112 valence electrons. The summed E-state index contributed by atoms with van der Waals surface area (Å²) in [5.41, 5.74) is 4.42. The third-order valence-electron chi connectivity index (χ3n) is 3.58. The fourth-order valence-corrected chi connectivity index (χ4v) is 2.24. The minimum Gasteiger partial charge on any atom is -0.497 e. The molecule has 0 aliphatic carbocycles. The molecule has 3 nitrogen and oxygen atoms in total. The molecule has 0 spiro atoms. The average Bonchev–Trinajstić information content (AvgIpc) is 2.53. The first-order valence-corrected chi connectivity index (χ1v) is 7.56. The predicted octanol–water partition coefficient (Wildman–Crippen LogP) is 3.96. The highest BCUT2D eigenvalue weighted by Gasteiger charge is 2.05. The van der Waals surface area contributed by atoms with Gasteiger partial charge in [0.15, 0.2) is 0 Å². The molecule has 0 unspecified atom stereocenters. The molecule has 0 amide bonds. The Morgan fingerprint density at radius 1 is 1.19 bits per heavy atom. The molecule has 1 N–H and O–H groups in total. The molecule has 0 atom stereocenters. The van der Waals surface area contributed by atoms with Crippen LogP contribution in [0.25, 0.3) is 11.3 Å². The van der Waals surface area contributed by atoms with Gasteiger partial charge in [0.2, 0.25) is 0 Å². The number of rotatable bonds is 7. The number of hydrogen-bond acceptors (Lipinski definition) is 3. The van der Waals surface area contributed by atoms with Crippen molar-refractivity contribution in [1.82, 2.24) is 10.3 Å². The van der Waals surface area contributed by atoms with Crippen molar-refractivity contribution in [3.63, 3.8) is 0 Å². The van der Waals surface area contributed by atoms with Crippen LogP contribution in [0, 0.1) is 6.92 Å². The fourth-order valence-electron chi connectivity index (χ4n) is 2.24. The number of nitrogens with one attached hydrogen (secondary N) is 1. The molecule has 0 fully saturated rings. The van der Waals surface area contributed by atoms with E-state index in [2.05, 4.69) is 37.4 Å². The third-order valence-corrected chi connectivity index (χ3v) is 3.58. The summed E-state index contributed by atoms with van der Waals surface area (Å²) in [4.78, 5) is 4.72. The van der Waals surface area contributed by atoms with Gasteiger partial charge < -0.3 is 10.1 Å². The van der Waals surface area contributed by atoms with Crippen LogP contribution in [0.15, 0.2) is 36.4 Å². The molecule has 0 radical (unpaired) electrons. The van der Waals surface area contributed by atoms with Gasteiger partial charge in [0.05, 0.1) is 12.8 Å². The quantitative estimate of drug-likeness (QED) is 0.782. The van der Waals surface area contributed by atoms with Crippen LogP contribution in [0.4, 0.5) is 0 Å². The van der Waals surface area contributed by atoms with Crippen LogP contribution in [0.2, 0.25) is 0 Å². The van der Waals surface area contributed by atoms with E-state index in [-0.39, 0.29) is 0 Å². The van der Waals surface area contributed by atoms with Crippen molar-refractivity contribution in [3.05, 3.63) is 47.7 Å².